The summed E-state index contributed by atoms with van der Waals surface area (Å²) in [4.78, 5) is 53.9. The number of nitrogens with one attached hydrogen (secondary N) is 3. The van der Waals surface area contributed by atoms with Crippen molar-refractivity contribution in [3.05, 3.63) is 74.9 Å². The molecule has 188 valence electrons. The van der Waals surface area contributed by atoms with Crippen LogP contribution in [0.4, 0.5) is 22.0 Å². The molecule has 2 heterocycles. The van der Waals surface area contributed by atoms with E-state index in [-0.39, 0.29) is 37.9 Å². The molecule has 12 nitrogen and oxygen atoms in total. The van der Waals surface area contributed by atoms with Gasteiger partial charge in [-0.2, -0.15) is 0 Å². The molecule has 0 spiro atoms. The average Bonchev–Trinajstić information content (AvgIpc) is 3.30. The maximum absolute atomic E-state index is 12.7. The smallest absolute Gasteiger partial charge is 0.330 e. The van der Waals surface area contributed by atoms with Gasteiger partial charge in [0, 0.05) is 18.3 Å². The Morgan fingerprint density at radius 2 is 1.86 bits per heavy atom. The van der Waals surface area contributed by atoms with Crippen LogP contribution >= 0.6 is 0 Å². The zero-order valence-electron chi connectivity index (χ0n) is 19.6. The summed E-state index contributed by atoms with van der Waals surface area (Å²) in [7, 11) is 0. The molecule has 2 aromatic carbocycles. The minimum absolute atomic E-state index is 0.0151. The molecule has 1 aliphatic heterocycles. The number of benzene rings is 2. The SMILES string of the molecule is CCCN(CC(=O)NC(=O)Nc1ccc2c(c1)OCO2)c1c(N)n(Cc2ccccc2)c(=O)[nH]c1=O. The summed E-state index contributed by atoms with van der Waals surface area (Å²) in [6.45, 7) is 2.05. The van der Waals surface area contributed by atoms with Gasteiger partial charge in [-0.1, -0.05) is 37.3 Å². The Hall–Kier alpha value is -4.74. The first kappa shape index (κ1) is 24.4. The number of nitrogens with two attached hydrogens (primary N) is 1. The van der Waals surface area contributed by atoms with Crippen LogP contribution in [-0.4, -0.2) is 41.4 Å². The number of hydrogen-bond donors (Lipinski definition) is 4. The zero-order chi connectivity index (χ0) is 25.7. The van der Waals surface area contributed by atoms with E-state index in [2.05, 4.69) is 15.6 Å². The van der Waals surface area contributed by atoms with E-state index in [4.69, 9.17) is 15.2 Å². The average molecular weight is 495 g/mol. The lowest BCUT2D eigenvalue weighted by molar-refractivity contribution is -0.118. The van der Waals surface area contributed by atoms with Gasteiger partial charge in [-0.05, 0) is 24.1 Å². The molecule has 0 bridgehead atoms. The fraction of sp³-hybridized carbons (Fsp3) is 0.250. The highest BCUT2D eigenvalue weighted by Gasteiger charge is 2.22. The van der Waals surface area contributed by atoms with Gasteiger partial charge in [-0.3, -0.25) is 24.5 Å². The van der Waals surface area contributed by atoms with Gasteiger partial charge in [-0.15, -0.1) is 0 Å². The third-order valence-corrected chi connectivity index (χ3v) is 5.43. The van der Waals surface area contributed by atoms with Crippen molar-refractivity contribution < 1.29 is 19.1 Å². The van der Waals surface area contributed by atoms with E-state index in [1.54, 1.807) is 18.2 Å². The quantitative estimate of drug-likeness (QED) is 0.366. The molecule has 0 saturated carbocycles. The number of carbonyl (C=O) groups is 2. The molecular weight excluding hydrogens is 468 g/mol. The van der Waals surface area contributed by atoms with Crippen LogP contribution in [0.25, 0.3) is 0 Å². The minimum atomic E-state index is -0.758. The first-order valence-corrected chi connectivity index (χ1v) is 11.3. The van der Waals surface area contributed by atoms with Crippen molar-refractivity contribution >= 4 is 29.1 Å². The Labute approximate surface area is 205 Å². The van der Waals surface area contributed by atoms with E-state index in [0.29, 0.717) is 23.6 Å². The fourth-order valence-electron chi connectivity index (χ4n) is 3.82. The number of fused-ring (bicyclic) bond motifs is 1. The molecular formula is C24H26N6O6. The van der Waals surface area contributed by atoms with Gasteiger partial charge >= 0.3 is 11.7 Å². The Morgan fingerprint density at radius 1 is 1.11 bits per heavy atom. The maximum atomic E-state index is 12.7. The number of amides is 3. The highest BCUT2D eigenvalue weighted by Crippen LogP contribution is 2.34. The predicted molar refractivity (Wildman–Crippen MR) is 134 cm³/mol. The Kier molecular flexibility index (Phi) is 7.23. The number of rotatable bonds is 8. The molecule has 0 radical (unpaired) electrons. The summed E-state index contributed by atoms with van der Waals surface area (Å²) in [5.74, 6) is 0.303. The summed E-state index contributed by atoms with van der Waals surface area (Å²) >= 11 is 0. The van der Waals surface area contributed by atoms with E-state index in [9.17, 15) is 19.2 Å². The number of ether oxygens (including phenoxy) is 2. The lowest BCUT2D eigenvalue weighted by Crippen LogP contribution is -2.45. The van der Waals surface area contributed by atoms with E-state index < -0.39 is 23.2 Å². The first-order valence-electron chi connectivity index (χ1n) is 11.3. The first-order chi connectivity index (χ1) is 17.4. The van der Waals surface area contributed by atoms with Gasteiger partial charge in [0.2, 0.25) is 12.7 Å². The molecule has 0 fully saturated rings. The molecule has 12 heteroatoms. The number of hydrogen-bond acceptors (Lipinski definition) is 8. The normalized spacial score (nSPS) is 11.7. The topological polar surface area (TPSA) is 161 Å². The third kappa shape index (κ3) is 5.49. The number of aromatic amines is 1. The molecule has 5 N–H and O–H groups in total. The number of H-pyrrole nitrogens is 1. The molecule has 36 heavy (non-hydrogen) atoms. The van der Waals surface area contributed by atoms with Crippen molar-refractivity contribution in [3.63, 3.8) is 0 Å². The summed E-state index contributed by atoms with van der Waals surface area (Å²) in [5.41, 5.74) is 6.08. The van der Waals surface area contributed by atoms with Crippen molar-refractivity contribution in [2.24, 2.45) is 0 Å². The van der Waals surface area contributed by atoms with Crippen LogP contribution in [0.1, 0.15) is 18.9 Å². The number of aromatic nitrogens is 2. The summed E-state index contributed by atoms with van der Waals surface area (Å²) in [6, 6.07) is 13.2. The highest BCUT2D eigenvalue weighted by atomic mass is 16.7. The van der Waals surface area contributed by atoms with Crippen LogP contribution in [0.3, 0.4) is 0 Å². The Bertz CT molecular complexity index is 1380. The number of urea groups is 1. The number of carbonyl (C=O) groups excluding carboxylic acids is 2. The number of imide groups is 1. The van der Waals surface area contributed by atoms with Crippen LogP contribution in [0.5, 0.6) is 11.5 Å². The zero-order valence-corrected chi connectivity index (χ0v) is 19.6. The van der Waals surface area contributed by atoms with Crippen LogP contribution in [0.2, 0.25) is 0 Å². The molecule has 1 aromatic heterocycles. The second-order valence-corrected chi connectivity index (χ2v) is 8.06. The molecule has 4 rings (SSSR count). The van der Waals surface area contributed by atoms with Gasteiger partial charge < -0.3 is 25.4 Å². The van der Waals surface area contributed by atoms with Gasteiger partial charge in [0.25, 0.3) is 5.56 Å². The lowest BCUT2D eigenvalue weighted by Gasteiger charge is -2.25. The van der Waals surface area contributed by atoms with E-state index in [0.717, 1.165) is 5.56 Å². The summed E-state index contributed by atoms with van der Waals surface area (Å²) in [6.07, 6.45) is 0.577. The standard InChI is InChI=1S/C24H26N6O6/c1-2-10-29(13-19(31)27-23(33)26-16-8-9-17-18(11-16)36-14-35-17)20-21(25)30(24(34)28-22(20)32)12-15-6-4-3-5-7-15/h3-9,11H,2,10,12-14,25H2,1H3,(H,28,32,34)(H2,26,27,31,33). The van der Waals surface area contributed by atoms with E-state index in [1.165, 1.54) is 9.47 Å². The lowest BCUT2D eigenvalue weighted by atomic mass is 10.2. The van der Waals surface area contributed by atoms with Crippen molar-refractivity contribution in [3.8, 4) is 11.5 Å². The molecule has 0 saturated heterocycles. The van der Waals surface area contributed by atoms with Crippen LogP contribution in [0, 0.1) is 0 Å². The molecule has 1 aliphatic rings. The van der Waals surface area contributed by atoms with E-state index in [1.807, 2.05) is 37.3 Å². The predicted octanol–water partition coefficient (Wildman–Crippen LogP) is 1.46. The van der Waals surface area contributed by atoms with Gasteiger partial charge in [0.15, 0.2) is 11.5 Å². The van der Waals surface area contributed by atoms with Gasteiger partial charge in [-0.25, -0.2) is 9.59 Å². The van der Waals surface area contributed by atoms with Crippen LogP contribution in [-0.2, 0) is 11.3 Å². The van der Waals surface area contributed by atoms with Crippen LogP contribution < -0.4 is 42.0 Å². The number of nitrogens with zero attached hydrogens (tertiary/aromatic N) is 2. The van der Waals surface area contributed by atoms with Crippen molar-refractivity contribution in [2.45, 2.75) is 19.9 Å². The molecule has 0 atom stereocenters. The Morgan fingerprint density at radius 3 is 2.61 bits per heavy atom. The number of nitrogen functional groups attached to an aromatic ring is 1. The largest absolute Gasteiger partial charge is 0.454 e. The molecule has 0 unspecified atom stereocenters. The molecule has 3 amide bonds. The second-order valence-electron chi connectivity index (χ2n) is 8.06. The molecule has 0 aliphatic carbocycles. The summed E-state index contributed by atoms with van der Waals surface area (Å²) < 4.78 is 11.7. The Balaban J connectivity index is 1.49. The van der Waals surface area contributed by atoms with E-state index >= 15 is 0 Å². The van der Waals surface area contributed by atoms with Crippen LogP contribution in [0.15, 0.2) is 58.1 Å². The summed E-state index contributed by atoms with van der Waals surface area (Å²) in [5, 5.41) is 4.79. The minimum Gasteiger partial charge on any atom is -0.454 e. The third-order valence-electron chi connectivity index (χ3n) is 5.43. The molecule has 3 aromatic rings. The van der Waals surface area contributed by atoms with Crippen molar-refractivity contribution in [1.82, 2.24) is 14.9 Å². The van der Waals surface area contributed by atoms with Gasteiger partial charge in [0.1, 0.15) is 11.5 Å². The van der Waals surface area contributed by atoms with Crippen molar-refractivity contribution in [2.75, 3.05) is 35.8 Å². The fourth-order valence-corrected chi connectivity index (χ4v) is 3.82. The number of anilines is 3. The van der Waals surface area contributed by atoms with Crippen molar-refractivity contribution in [1.29, 1.82) is 0 Å². The maximum Gasteiger partial charge on any atom is 0.330 e. The highest BCUT2D eigenvalue weighted by molar-refractivity contribution is 6.02. The van der Waals surface area contributed by atoms with Gasteiger partial charge in [0.05, 0.1) is 13.1 Å². The second kappa shape index (κ2) is 10.7. The monoisotopic (exact) mass is 494 g/mol.